The molecule has 0 aromatic heterocycles. The maximum atomic E-state index is 8.84. The summed E-state index contributed by atoms with van der Waals surface area (Å²) in [5.41, 5.74) is 0.232. The van der Waals surface area contributed by atoms with Gasteiger partial charge < -0.3 is 19.9 Å². The Morgan fingerprint density at radius 2 is 1.78 bits per heavy atom. The number of aliphatic hydroxyl groups excluding tert-OH is 1. The van der Waals surface area contributed by atoms with Crippen LogP contribution in [0.3, 0.4) is 0 Å². The van der Waals surface area contributed by atoms with Crippen LogP contribution in [0.15, 0.2) is 0 Å². The van der Waals surface area contributed by atoms with Crippen molar-refractivity contribution in [2.75, 3.05) is 32.9 Å². The van der Waals surface area contributed by atoms with Crippen LogP contribution in [0, 0.1) is 5.41 Å². The Labute approximate surface area is 112 Å². The van der Waals surface area contributed by atoms with Gasteiger partial charge in [-0.15, -0.1) is 0 Å². The molecule has 4 nitrogen and oxygen atoms in total. The molecule has 110 valence electrons. The highest BCUT2D eigenvalue weighted by atomic mass is 16.7. The number of hydrogen-bond donors (Lipinski definition) is 2. The van der Waals surface area contributed by atoms with E-state index in [1.165, 1.54) is 0 Å². The van der Waals surface area contributed by atoms with Crippen LogP contribution >= 0.6 is 0 Å². The average Bonchev–Trinajstić information content (AvgIpc) is 2.33. The molecule has 0 aliphatic rings. The third kappa shape index (κ3) is 9.83. The van der Waals surface area contributed by atoms with Crippen LogP contribution in [-0.2, 0) is 9.47 Å². The zero-order valence-corrected chi connectivity index (χ0v) is 12.5. The molecule has 0 spiro atoms. The van der Waals surface area contributed by atoms with Crippen molar-refractivity contribution in [3.8, 4) is 0 Å². The number of nitrogens with one attached hydrogen (secondary N) is 1. The molecule has 0 radical (unpaired) electrons. The zero-order chi connectivity index (χ0) is 13.9. The van der Waals surface area contributed by atoms with Crippen molar-refractivity contribution in [1.82, 2.24) is 5.32 Å². The minimum absolute atomic E-state index is 0.0898. The highest BCUT2D eigenvalue weighted by Gasteiger charge is 2.16. The van der Waals surface area contributed by atoms with Crippen LogP contribution in [0.1, 0.15) is 47.0 Å². The maximum Gasteiger partial charge on any atom is 0.158 e. The van der Waals surface area contributed by atoms with E-state index in [0.717, 1.165) is 32.4 Å². The molecule has 18 heavy (non-hydrogen) atoms. The number of rotatable bonds is 12. The van der Waals surface area contributed by atoms with E-state index in [2.05, 4.69) is 19.2 Å². The largest absolute Gasteiger partial charge is 0.396 e. The smallest absolute Gasteiger partial charge is 0.158 e. The monoisotopic (exact) mass is 261 g/mol. The fourth-order valence-electron chi connectivity index (χ4n) is 1.88. The van der Waals surface area contributed by atoms with E-state index in [0.29, 0.717) is 13.2 Å². The van der Waals surface area contributed by atoms with Gasteiger partial charge in [-0.2, -0.15) is 0 Å². The van der Waals surface area contributed by atoms with E-state index in [9.17, 15) is 0 Å². The van der Waals surface area contributed by atoms with Crippen LogP contribution in [-0.4, -0.2) is 44.3 Å². The molecule has 0 rings (SSSR count). The quantitative estimate of drug-likeness (QED) is 0.417. The molecule has 0 saturated carbocycles. The summed E-state index contributed by atoms with van der Waals surface area (Å²) in [5, 5.41) is 12.3. The van der Waals surface area contributed by atoms with E-state index in [4.69, 9.17) is 14.6 Å². The molecule has 4 heteroatoms. The topological polar surface area (TPSA) is 50.7 Å². The van der Waals surface area contributed by atoms with Gasteiger partial charge in [0.25, 0.3) is 0 Å². The number of ether oxygens (including phenoxy) is 2. The highest BCUT2D eigenvalue weighted by molar-refractivity contribution is 4.71. The van der Waals surface area contributed by atoms with Crippen molar-refractivity contribution in [3.05, 3.63) is 0 Å². The number of hydrogen-bond acceptors (Lipinski definition) is 4. The lowest BCUT2D eigenvalue weighted by Crippen LogP contribution is -2.32. The first-order valence-corrected chi connectivity index (χ1v) is 7.10. The molecule has 0 heterocycles. The summed E-state index contributed by atoms with van der Waals surface area (Å²) in [6.07, 6.45) is 2.69. The molecule has 0 aromatic rings. The molecule has 0 aromatic carbocycles. The van der Waals surface area contributed by atoms with Gasteiger partial charge in [0, 0.05) is 32.8 Å². The van der Waals surface area contributed by atoms with Gasteiger partial charge in [0.1, 0.15) is 0 Å². The lowest BCUT2D eigenvalue weighted by molar-refractivity contribution is -0.138. The third-order valence-corrected chi connectivity index (χ3v) is 2.88. The van der Waals surface area contributed by atoms with Crippen molar-refractivity contribution in [1.29, 1.82) is 0 Å². The predicted octanol–water partition coefficient (Wildman–Crippen LogP) is 2.16. The van der Waals surface area contributed by atoms with Gasteiger partial charge in [-0.25, -0.2) is 0 Å². The van der Waals surface area contributed by atoms with Gasteiger partial charge in [-0.05, 0) is 38.6 Å². The van der Waals surface area contributed by atoms with Crippen molar-refractivity contribution >= 4 is 0 Å². The van der Waals surface area contributed by atoms with Crippen LogP contribution in [0.25, 0.3) is 0 Å². The first-order valence-electron chi connectivity index (χ1n) is 7.10. The Balaban J connectivity index is 3.68. The molecule has 0 saturated heterocycles. The Hall–Kier alpha value is -0.160. The lowest BCUT2D eigenvalue weighted by Gasteiger charge is -2.25. The molecule has 0 fully saturated rings. The summed E-state index contributed by atoms with van der Waals surface area (Å²) in [6, 6.07) is 0. The minimum atomic E-state index is -0.0898. The van der Waals surface area contributed by atoms with E-state index in [1.54, 1.807) is 0 Å². The van der Waals surface area contributed by atoms with E-state index >= 15 is 0 Å². The molecule has 0 atom stereocenters. The van der Waals surface area contributed by atoms with Crippen LogP contribution in [0.5, 0.6) is 0 Å². The summed E-state index contributed by atoms with van der Waals surface area (Å²) in [6.45, 7) is 11.9. The van der Waals surface area contributed by atoms with Crippen molar-refractivity contribution < 1.29 is 14.6 Å². The van der Waals surface area contributed by atoms with Gasteiger partial charge in [0.15, 0.2) is 6.29 Å². The summed E-state index contributed by atoms with van der Waals surface area (Å²) in [7, 11) is 0. The highest BCUT2D eigenvalue weighted by Crippen LogP contribution is 2.20. The van der Waals surface area contributed by atoms with Crippen molar-refractivity contribution in [2.45, 2.75) is 53.2 Å². The maximum absolute atomic E-state index is 8.84. The molecular weight excluding hydrogens is 230 g/mol. The van der Waals surface area contributed by atoms with Gasteiger partial charge in [0.2, 0.25) is 0 Å². The average molecular weight is 261 g/mol. The van der Waals surface area contributed by atoms with Crippen LogP contribution in [0.2, 0.25) is 0 Å². The molecule has 0 unspecified atom stereocenters. The molecule has 0 aliphatic carbocycles. The van der Waals surface area contributed by atoms with Crippen LogP contribution in [0.4, 0.5) is 0 Å². The van der Waals surface area contributed by atoms with Gasteiger partial charge in [-0.1, -0.05) is 13.8 Å². The van der Waals surface area contributed by atoms with Crippen molar-refractivity contribution in [3.63, 3.8) is 0 Å². The minimum Gasteiger partial charge on any atom is -0.396 e. The second kappa shape index (κ2) is 10.7. The Morgan fingerprint density at radius 1 is 1.17 bits per heavy atom. The van der Waals surface area contributed by atoms with Gasteiger partial charge in [0.05, 0.1) is 0 Å². The first kappa shape index (κ1) is 17.8. The van der Waals surface area contributed by atoms with Crippen LogP contribution < -0.4 is 5.32 Å². The van der Waals surface area contributed by atoms with E-state index in [1.807, 2.05) is 13.8 Å². The Morgan fingerprint density at radius 3 is 2.28 bits per heavy atom. The van der Waals surface area contributed by atoms with Gasteiger partial charge in [-0.3, -0.25) is 0 Å². The zero-order valence-electron chi connectivity index (χ0n) is 12.5. The Kier molecular flexibility index (Phi) is 10.6. The summed E-state index contributed by atoms with van der Waals surface area (Å²) >= 11 is 0. The SMILES string of the molecule is CCOC(CCNCC(C)(C)CCCO)OCC. The fraction of sp³-hybridized carbons (Fsp3) is 1.00. The summed E-state index contributed by atoms with van der Waals surface area (Å²) < 4.78 is 11.0. The summed E-state index contributed by atoms with van der Waals surface area (Å²) in [4.78, 5) is 0. The normalized spacial score (nSPS) is 12.3. The molecule has 2 N–H and O–H groups in total. The standard InChI is InChI=1S/C14H31NO3/c1-5-17-13(18-6-2)8-10-15-12-14(3,4)9-7-11-16/h13,15-16H,5-12H2,1-4H3. The second-order valence-corrected chi connectivity index (χ2v) is 5.30. The van der Waals surface area contributed by atoms with Crippen molar-refractivity contribution in [2.24, 2.45) is 5.41 Å². The van der Waals surface area contributed by atoms with Gasteiger partial charge >= 0.3 is 0 Å². The summed E-state index contributed by atoms with van der Waals surface area (Å²) in [5.74, 6) is 0. The predicted molar refractivity (Wildman–Crippen MR) is 74.6 cm³/mol. The molecule has 0 aliphatic heterocycles. The first-order chi connectivity index (χ1) is 8.55. The van der Waals surface area contributed by atoms with E-state index < -0.39 is 0 Å². The third-order valence-electron chi connectivity index (χ3n) is 2.88. The lowest BCUT2D eigenvalue weighted by atomic mass is 9.88. The fourth-order valence-corrected chi connectivity index (χ4v) is 1.88. The number of aliphatic hydroxyl groups is 1. The molecule has 0 amide bonds. The molecular formula is C14H31NO3. The Bertz CT molecular complexity index is 180. The second-order valence-electron chi connectivity index (χ2n) is 5.30. The molecule has 0 bridgehead atoms. The van der Waals surface area contributed by atoms with E-state index in [-0.39, 0.29) is 18.3 Å².